The largest absolute Gasteiger partial charge is 0.510 e. The maximum absolute atomic E-state index is 12.7. The van der Waals surface area contributed by atoms with Gasteiger partial charge in [0, 0.05) is 65.8 Å². The van der Waals surface area contributed by atoms with E-state index < -0.39 is 22.6 Å². The summed E-state index contributed by atoms with van der Waals surface area (Å²) in [7, 11) is 1.23. The lowest BCUT2D eigenvalue weighted by molar-refractivity contribution is -0.126. The average molecular weight is 677 g/mol. The fraction of sp³-hybridized carbons (Fsp3) is 0.219. The Morgan fingerprint density at radius 3 is 2.00 bits per heavy atom. The minimum absolute atomic E-state index is 0.292. The lowest BCUT2D eigenvalue weighted by Gasteiger charge is -2.07. The molecule has 0 spiro atoms. The molecule has 0 bridgehead atoms. The first kappa shape index (κ1) is 36.6. The molecule has 0 radical (unpaired) electrons. The number of allylic oxidation sites excluding steroid dienone is 1. The van der Waals surface area contributed by atoms with Gasteiger partial charge in [-0.1, -0.05) is 0 Å². The average Bonchev–Trinajstić information content (AvgIpc) is 3.59. The summed E-state index contributed by atoms with van der Waals surface area (Å²) in [6.07, 6.45) is 5.09. The summed E-state index contributed by atoms with van der Waals surface area (Å²) in [5, 5.41) is 23.1. The van der Waals surface area contributed by atoms with Crippen molar-refractivity contribution in [1.29, 1.82) is 0 Å². The van der Waals surface area contributed by atoms with Crippen LogP contribution in [0.1, 0.15) is 40.5 Å². The van der Waals surface area contributed by atoms with Gasteiger partial charge in [0.15, 0.2) is 5.70 Å². The number of carbonyl (C=O) groups is 4. The van der Waals surface area contributed by atoms with Crippen LogP contribution < -0.4 is 22.1 Å². The summed E-state index contributed by atoms with van der Waals surface area (Å²) in [5.74, 6) is -1.72. The lowest BCUT2D eigenvalue weighted by Crippen LogP contribution is -2.17. The number of hydrogen-bond donors (Lipinski definition) is 6. The number of H-pyrrole nitrogens is 2. The molecule has 4 amide bonds. The molecule has 16 heteroatoms. The molecule has 2 heterocycles. The molecule has 4 aromatic rings. The fourth-order valence-corrected chi connectivity index (χ4v) is 4.07. The minimum atomic E-state index is -0.709. The highest BCUT2D eigenvalue weighted by atomic mass is 32.2. The predicted octanol–water partition coefficient (Wildman–Crippen LogP) is 3.95. The van der Waals surface area contributed by atoms with Gasteiger partial charge in [-0.05, 0) is 80.1 Å². The number of aliphatic hydroxyl groups is 1. The van der Waals surface area contributed by atoms with E-state index in [1.165, 1.54) is 43.3 Å². The maximum Gasteiger partial charge on any atom is 0.323 e. The smallest absolute Gasteiger partial charge is 0.323 e. The van der Waals surface area contributed by atoms with Gasteiger partial charge in [-0.25, -0.2) is 4.79 Å². The molecule has 5 rings (SSSR count). The Hall–Kier alpha value is -5.90. The van der Waals surface area contributed by atoms with E-state index in [0.29, 0.717) is 45.1 Å². The number of benzene rings is 3. The van der Waals surface area contributed by atoms with Crippen LogP contribution >= 0.6 is 0 Å². The Morgan fingerprint density at radius 2 is 1.48 bits per heavy atom. The zero-order valence-corrected chi connectivity index (χ0v) is 27.5. The second-order valence-electron chi connectivity index (χ2n) is 10.5. The first-order valence-electron chi connectivity index (χ1n) is 14.4. The number of aromatic nitrogens is 2. The number of aliphatic hydroxyl groups excluding tert-OH is 1. The summed E-state index contributed by atoms with van der Waals surface area (Å²) in [5.41, 5.74) is 7.46. The molecule has 3 aromatic carbocycles. The van der Waals surface area contributed by atoms with E-state index in [4.69, 9.17) is 5.73 Å². The quantitative estimate of drug-likeness (QED) is 0.0957. The molecule has 0 unspecified atom stereocenters. The number of imidazole rings is 1. The van der Waals surface area contributed by atoms with Crippen molar-refractivity contribution in [2.75, 3.05) is 36.7 Å². The van der Waals surface area contributed by atoms with E-state index in [0.717, 1.165) is 19.4 Å². The molecule has 15 nitrogen and oxygen atoms in total. The van der Waals surface area contributed by atoms with Gasteiger partial charge in [0.25, 0.3) is 11.8 Å². The normalized spacial score (nSPS) is 12.9. The maximum atomic E-state index is 12.7. The zero-order chi connectivity index (χ0) is 35.4. The van der Waals surface area contributed by atoms with Gasteiger partial charge in [-0.3, -0.25) is 23.4 Å². The number of nitrogens with two attached hydrogens (primary N) is 1. The Balaban J connectivity index is 0.000000484. The van der Waals surface area contributed by atoms with E-state index in [1.807, 2.05) is 7.05 Å². The van der Waals surface area contributed by atoms with E-state index in [2.05, 4.69) is 30.8 Å². The third kappa shape index (κ3) is 11.2. The number of hydrogen-bond acceptors (Lipinski definition) is 9. The summed E-state index contributed by atoms with van der Waals surface area (Å²) in [6, 6.07) is 17.0. The van der Waals surface area contributed by atoms with Crippen molar-refractivity contribution in [3.63, 3.8) is 0 Å². The van der Waals surface area contributed by atoms with Crippen LogP contribution in [-0.4, -0.2) is 73.9 Å². The van der Waals surface area contributed by atoms with Crippen LogP contribution in [0.15, 0.2) is 93.2 Å². The molecule has 1 aliphatic rings. The Kier molecular flexibility index (Phi) is 13.1. The van der Waals surface area contributed by atoms with Crippen molar-refractivity contribution in [2.45, 2.75) is 19.8 Å². The molecule has 0 atom stereocenters. The molecule has 1 aromatic heterocycles. The first-order valence-corrected chi connectivity index (χ1v) is 16.4. The van der Waals surface area contributed by atoms with E-state index in [1.54, 1.807) is 47.7 Å². The van der Waals surface area contributed by atoms with Crippen LogP contribution in [0.5, 0.6) is 0 Å². The molecule has 1 fully saturated rings. The number of nitrogens with one attached hydrogen (secondary N) is 4. The molecule has 7 N–H and O–H groups in total. The van der Waals surface area contributed by atoms with E-state index in [9.17, 15) is 33.3 Å². The minimum Gasteiger partial charge on any atom is -0.510 e. The second kappa shape index (κ2) is 17.1. The number of primary amides is 1. The number of anilines is 2. The zero-order valence-electron chi connectivity index (χ0n) is 26.7. The third-order valence-electron chi connectivity index (χ3n) is 6.46. The lowest BCUT2D eigenvalue weighted by atomic mass is 10.1. The van der Waals surface area contributed by atoms with E-state index in [-0.39, 0.29) is 23.1 Å². The van der Waals surface area contributed by atoms with Gasteiger partial charge in [-0.15, -0.1) is 5.11 Å². The van der Waals surface area contributed by atoms with Crippen LogP contribution in [0.4, 0.5) is 17.1 Å². The molecule has 1 saturated heterocycles. The van der Waals surface area contributed by atoms with Crippen molar-refractivity contribution < 1.29 is 28.5 Å². The molecule has 1 aliphatic heterocycles. The fourth-order valence-electron chi connectivity index (χ4n) is 4.07. The second-order valence-corrected chi connectivity index (χ2v) is 12.0. The topological polar surface area (TPSA) is 232 Å². The highest BCUT2D eigenvalue weighted by Gasteiger charge is 2.15. The molecule has 0 aliphatic carbocycles. The molecule has 48 heavy (non-hydrogen) atoms. The molecular weight excluding hydrogens is 640 g/mol. The van der Waals surface area contributed by atoms with Gasteiger partial charge < -0.3 is 36.3 Å². The van der Waals surface area contributed by atoms with Crippen LogP contribution in [-0.2, 0) is 20.4 Å². The van der Waals surface area contributed by atoms with Crippen LogP contribution in [0.2, 0.25) is 0 Å². The van der Waals surface area contributed by atoms with Crippen LogP contribution in [0.3, 0.4) is 0 Å². The van der Waals surface area contributed by atoms with Crippen molar-refractivity contribution in [1.82, 2.24) is 14.9 Å². The van der Waals surface area contributed by atoms with Crippen molar-refractivity contribution in [3.05, 3.63) is 99.8 Å². The number of azo groups is 1. The monoisotopic (exact) mass is 676 g/mol. The summed E-state index contributed by atoms with van der Waals surface area (Å²) >= 11 is 0. The first-order chi connectivity index (χ1) is 22.7. The number of rotatable bonds is 7. The summed E-state index contributed by atoms with van der Waals surface area (Å²) in [6.45, 7) is 2.25. The number of carbonyl (C=O) groups excluding carboxylic acids is 4. The van der Waals surface area contributed by atoms with Crippen molar-refractivity contribution in [3.8, 4) is 0 Å². The third-order valence-corrected chi connectivity index (χ3v) is 6.46. The van der Waals surface area contributed by atoms with Crippen LogP contribution in [0.25, 0.3) is 11.0 Å². The SMILES string of the molecule is C/C(O)=C(\N=Nc1ccc(C(=O)Nc2ccc(C(N)=O)cc2)cc1)C(=O)Nc1ccc2[nH]c(=O)[nH]c2c1.CN1CCCC1=O.CS(C)=O. The van der Waals surface area contributed by atoms with Gasteiger partial charge in [0.1, 0.15) is 5.76 Å². The van der Waals surface area contributed by atoms with E-state index >= 15 is 0 Å². The number of fused-ring (bicyclic) bond motifs is 1. The Bertz CT molecular complexity index is 1920. The van der Waals surface area contributed by atoms with Crippen molar-refractivity contribution >= 4 is 62.5 Å². The van der Waals surface area contributed by atoms with Crippen LogP contribution in [0, 0.1) is 0 Å². The number of likely N-dealkylation sites (tertiary alicyclic amines) is 1. The summed E-state index contributed by atoms with van der Waals surface area (Å²) < 4.78 is 9.56. The number of aromatic amines is 2. The predicted molar refractivity (Wildman–Crippen MR) is 184 cm³/mol. The van der Waals surface area contributed by atoms with Gasteiger partial charge in [-0.2, -0.15) is 5.11 Å². The molecular formula is C32H36N8O7S. The highest BCUT2D eigenvalue weighted by molar-refractivity contribution is 7.83. The Labute approximate surface area is 277 Å². The standard InChI is InChI=1S/C25H21N7O5.C5H9NO.C2H6OS/c1-13(33)21(24(36)28-18-10-11-19-20(12-18)30-25(37)29-19)32-31-17-8-4-15(5-9-17)23(35)27-16-6-2-14(3-7-16)22(26)34;1-6-4-2-3-5(6)7;1-4(2)3/h2-12,33H,1H3,(H2,26,34)(H,27,35)(H,28,36)(H2,29,30,37);2-4H2,1H3;1-2H3/b21-13+,32-31?;;. The Morgan fingerprint density at radius 1 is 0.896 bits per heavy atom. The summed E-state index contributed by atoms with van der Waals surface area (Å²) in [4.78, 5) is 65.1. The number of amides is 4. The van der Waals surface area contributed by atoms with Crippen molar-refractivity contribution in [2.24, 2.45) is 16.0 Å². The molecule has 252 valence electrons. The molecule has 0 saturated carbocycles. The van der Waals surface area contributed by atoms with Gasteiger partial charge in [0.05, 0.1) is 16.7 Å². The highest BCUT2D eigenvalue weighted by Crippen LogP contribution is 2.20. The number of nitrogens with zero attached hydrogens (tertiary/aromatic N) is 3. The van der Waals surface area contributed by atoms with Gasteiger partial charge >= 0.3 is 5.69 Å². The van der Waals surface area contributed by atoms with Gasteiger partial charge in [0.2, 0.25) is 11.8 Å².